The molecule has 0 radical (unpaired) electrons. The van der Waals surface area contributed by atoms with Crippen molar-refractivity contribution >= 4 is 0 Å². The second-order valence-electron chi connectivity index (χ2n) is 5.29. The van der Waals surface area contributed by atoms with Crippen LogP contribution in [0.4, 0.5) is 0 Å². The quantitative estimate of drug-likeness (QED) is 0.555. The molecule has 0 atom stereocenters. The first-order chi connectivity index (χ1) is 6.23. The average molecular weight is 181 g/mol. The van der Waals surface area contributed by atoms with Gasteiger partial charge in [-0.25, -0.2) is 0 Å². The Balaban J connectivity index is 2.01. The third-order valence-corrected chi connectivity index (χ3v) is 4.40. The van der Waals surface area contributed by atoms with Gasteiger partial charge in [-0.1, -0.05) is 13.3 Å². The summed E-state index contributed by atoms with van der Waals surface area (Å²) in [6, 6.07) is 0. The van der Waals surface area contributed by atoms with E-state index in [-0.39, 0.29) is 0 Å². The zero-order chi connectivity index (χ0) is 9.31. The molecule has 0 N–H and O–H groups in total. The molecule has 1 aliphatic heterocycles. The first kappa shape index (κ1) is 9.51. The van der Waals surface area contributed by atoms with Crippen LogP contribution in [0.15, 0.2) is 0 Å². The van der Waals surface area contributed by atoms with Crippen LogP contribution in [0.5, 0.6) is 0 Å². The van der Waals surface area contributed by atoms with E-state index in [0.717, 1.165) is 5.92 Å². The van der Waals surface area contributed by atoms with Crippen molar-refractivity contribution < 1.29 is 0 Å². The van der Waals surface area contributed by atoms with Crippen LogP contribution < -0.4 is 0 Å². The lowest BCUT2D eigenvalue weighted by Gasteiger charge is -2.49. The van der Waals surface area contributed by atoms with Gasteiger partial charge in [-0.2, -0.15) is 0 Å². The van der Waals surface area contributed by atoms with Crippen LogP contribution in [0.2, 0.25) is 0 Å². The maximum atomic E-state index is 2.66. The van der Waals surface area contributed by atoms with Crippen LogP contribution in [0.3, 0.4) is 0 Å². The van der Waals surface area contributed by atoms with Gasteiger partial charge in [-0.3, -0.25) is 0 Å². The Morgan fingerprint density at radius 1 is 1.08 bits per heavy atom. The number of hydrogen-bond donors (Lipinski definition) is 0. The molecule has 1 saturated carbocycles. The van der Waals surface area contributed by atoms with Crippen LogP contribution >= 0.6 is 0 Å². The molecule has 0 aromatic rings. The number of rotatable bonds is 0. The molecule has 0 aromatic carbocycles. The molecule has 1 saturated heterocycles. The van der Waals surface area contributed by atoms with Crippen molar-refractivity contribution in [2.45, 2.75) is 57.4 Å². The molecular formula is C12H23N. The second kappa shape index (κ2) is 3.61. The Kier molecular flexibility index (Phi) is 2.64. The average Bonchev–Trinajstić information content (AvgIpc) is 2.15. The Morgan fingerprint density at radius 3 is 2.38 bits per heavy atom. The first-order valence-corrected chi connectivity index (χ1v) is 5.94. The summed E-state index contributed by atoms with van der Waals surface area (Å²) >= 11 is 0. The van der Waals surface area contributed by atoms with Crippen LogP contribution in [0.1, 0.15) is 51.9 Å². The minimum absolute atomic E-state index is 0.630. The third kappa shape index (κ3) is 1.76. The molecule has 2 aliphatic rings. The highest BCUT2D eigenvalue weighted by Gasteiger charge is 2.38. The summed E-state index contributed by atoms with van der Waals surface area (Å²) in [6.45, 7) is 3.75. The van der Waals surface area contributed by atoms with Gasteiger partial charge in [0.05, 0.1) is 0 Å². The van der Waals surface area contributed by atoms with E-state index in [9.17, 15) is 0 Å². The molecule has 1 aliphatic carbocycles. The summed E-state index contributed by atoms with van der Waals surface area (Å²) in [5.41, 5.74) is 0.630. The number of likely N-dealkylation sites (tertiary alicyclic amines) is 1. The molecular weight excluding hydrogens is 158 g/mol. The Labute approximate surface area is 82.5 Å². The van der Waals surface area contributed by atoms with Crippen molar-refractivity contribution in [1.82, 2.24) is 4.90 Å². The first-order valence-electron chi connectivity index (χ1n) is 5.94. The standard InChI is InChI=1S/C12H23N/c1-11-5-8-12(9-6-11)7-3-4-10-13(12)2/h11H,3-10H2,1-2H3. The number of piperidine rings is 1. The molecule has 0 aromatic heterocycles. The molecule has 13 heavy (non-hydrogen) atoms. The van der Waals surface area contributed by atoms with Crippen LogP contribution in [-0.2, 0) is 0 Å². The van der Waals surface area contributed by atoms with Gasteiger partial charge in [-0.15, -0.1) is 0 Å². The molecule has 1 heteroatoms. The van der Waals surface area contributed by atoms with Crippen LogP contribution in [-0.4, -0.2) is 24.0 Å². The molecule has 76 valence electrons. The van der Waals surface area contributed by atoms with Gasteiger partial charge in [0.1, 0.15) is 0 Å². The number of hydrogen-bond acceptors (Lipinski definition) is 1. The predicted molar refractivity (Wildman–Crippen MR) is 56.8 cm³/mol. The predicted octanol–water partition coefficient (Wildman–Crippen LogP) is 3.05. The second-order valence-corrected chi connectivity index (χ2v) is 5.29. The molecule has 1 nitrogen and oxygen atoms in total. The topological polar surface area (TPSA) is 3.24 Å². The maximum Gasteiger partial charge on any atom is 0.0206 e. The van der Waals surface area contributed by atoms with Gasteiger partial charge in [0.25, 0.3) is 0 Å². The van der Waals surface area contributed by atoms with Crippen molar-refractivity contribution in [3.8, 4) is 0 Å². The van der Waals surface area contributed by atoms with Crippen molar-refractivity contribution in [1.29, 1.82) is 0 Å². The Bertz CT molecular complexity index is 168. The van der Waals surface area contributed by atoms with E-state index in [0.29, 0.717) is 5.54 Å². The summed E-state index contributed by atoms with van der Waals surface area (Å²) in [7, 11) is 2.34. The van der Waals surface area contributed by atoms with E-state index in [4.69, 9.17) is 0 Å². The van der Waals surface area contributed by atoms with Crippen molar-refractivity contribution in [2.24, 2.45) is 5.92 Å². The summed E-state index contributed by atoms with van der Waals surface area (Å²) in [5, 5.41) is 0. The molecule has 0 unspecified atom stereocenters. The minimum Gasteiger partial charge on any atom is -0.301 e. The zero-order valence-corrected chi connectivity index (χ0v) is 9.18. The van der Waals surface area contributed by atoms with Gasteiger partial charge in [0, 0.05) is 5.54 Å². The lowest BCUT2D eigenvalue weighted by molar-refractivity contribution is 0.0264. The Hall–Kier alpha value is -0.0400. The fourth-order valence-corrected chi connectivity index (χ4v) is 3.16. The third-order valence-electron chi connectivity index (χ3n) is 4.40. The van der Waals surface area contributed by atoms with E-state index in [1.54, 1.807) is 0 Å². The van der Waals surface area contributed by atoms with E-state index in [1.165, 1.54) is 51.5 Å². The van der Waals surface area contributed by atoms with E-state index >= 15 is 0 Å². The van der Waals surface area contributed by atoms with E-state index in [1.807, 2.05) is 0 Å². The fourth-order valence-electron chi connectivity index (χ4n) is 3.16. The normalized spacial score (nSPS) is 42.5. The molecule has 2 rings (SSSR count). The van der Waals surface area contributed by atoms with Gasteiger partial charge < -0.3 is 4.90 Å². The smallest absolute Gasteiger partial charge is 0.0206 e. The summed E-state index contributed by atoms with van der Waals surface area (Å²) in [4.78, 5) is 2.66. The molecule has 2 fully saturated rings. The Morgan fingerprint density at radius 2 is 1.77 bits per heavy atom. The highest BCUT2D eigenvalue weighted by molar-refractivity contribution is 4.95. The largest absolute Gasteiger partial charge is 0.301 e. The van der Waals surface area contributed by atoms with Crippen molar-refractivity contribution in [3.63, 3.8) is 0 Å². The molecule has 1 spiro atoms. The van der Waals surface area contributed by atoms with Gasteiger partial charge in [0.15, 0.2) is 0 Å². The summed E-state index contributed by atoms with van der Waals surface area (Å²) in [5.74, 6) is 0.987. The minimum atomic E-state index is 0.630. The summed E-state index contributed by atoms with van der Waals surface area (Å²) in [6.07, 6.45) is 10.2. The van der Waals surface area contributed by atoms with E-state index < -0.39 is 0 Å². The van der Waals surface area contributed by atoms with Gasteiger partial charge in [0.2, 0.25) is 0 Å². The molecule has 0 amide bonds. The molecule has 1 heterocycles. The highest BCUT2D eigenvalue weighted by atomic mass is 15.2. The lowest BCUT2D eigenvalue weighted by atomic mass is 9.72. The summed E-state index contributed by atoms with van der Waals surface area (Å²) < 4.78 is 0. The monoisotopic (exact) mass is 181 g/mol. The van der Waals surface area contributed by atoms with Crippen LogP contribution in [0, 0.1) is 5.92 Å². The molecule has 0 bridgehead atoms. The van der Waals surface area contributed by atoms with Crippen molar-refractivity contribution in [3.05, 3.63) is 0 Å². The lowest BCUT2D eigenvalue weighted by Crippen LogP contribution is -2.51. The highest BCUT2D eigenvalue weighted by Crippen LogP contribution is 2.41. The fraction of sp³-hybridized carbons (Fsp3) is 1.00. The van der Waals surface area contributed by atoms with Gasteiger partial charge >= 0.3 is 0 Å². The zero-order valence-electron chi connectivity index (χ0n) is 9.18. The maximum absolute atomic E-state index is 2.66. The van der Waals surface area contributed by atoms with Crippen molar-refractivity contribution in [2.75, 3.05) is 13.6 Å². The number of nitrogens with zero attached hydrogens (tertiary/aromatic N) is 1. The van der Waals surface area contributed by atoms with Gasteiger partial charge in [-0.05, 0) is 58.0 Å². The van der Waals surface area contributed by atoms with Crippen LogP contribution in [0.25, 0.3) is 0 Å². The SMILES string of the molecule is CC1CCC2(CCCCN2C)CC1. The van der Waals surface area contributed by atoms with E-state index in [2.05, 4.69) is 18.9 Å².